The van der Waals surface area contributed by atoms with E-state index >= 15 is 0 Å². The van der Waals surface area contributed by atoms with E-state index in [0.717, 1.165) is 34.9 Å². The van der Waals surface area contributed by atoms with Gasteiger partial charge in [-0.15, -0.1) is 24.0 Å². The molecule has 1 unspecified atom stereocenters. The van der Waals surface area contributed by atoms with E-state index in [2.05, 4.69) is 38.0 Å². The minimum Gasteiger partial charge on any atom is -0.491 e. The molecule has 0 radical (unpaired) electrons. The molecule has 31 heavy (non-hydrogen) atoms. The van der Waals surface area contributed by atoms with Gasteiger partial charge in [0.25, 0.3) is 0 Å². The molecule has 0 spiro atoms. The number of aliphatic hydroxyl groups is 1. The van der Waals surface area contributed by atoms with Gasteiger partial charge in [0, 0.05) is 25.0 Å². The summed E-state index contributed by atoms with van der Waals surface area (Å²) in [7, 11) is 0. The lowest BCUT2D eigenvalue weighted by atomic mass is 10.1. The molecule has 0 saturated heterocycles. The number of benzene rings is 1. The molecule has 0 fully saturated rings. The van der Waals surface area contributed by atoms with Crippen molar-refractivity contribution < 1.29 is 9.84 Å². The molecule has 3 N–H and O–H groups in total. The molecule has 1 atom stereocenters. The van der Waals surface area contributed by atoms with Crippen LogP contribution in [-0.2, 0) is 6.54 Å². The van der Waals surface area contributed by atoms with E-state index in [-0.39, 0.29) is 30.1 Å². The highest BCUT2D eigenvalue weighted by Gasteiger charge is 2.11. The smallest absolute Gasteiger partial charge is 0.191 e. The average Bonchev–Trinajstić information content (AvgIpc) is 3.14. The zero-order valence-corrected chi connectivity index (χ0v) is 20.8. The topological polar surface area (TPSA) is 83.2 Å². The first-order valence-corrected chi connectivity index (χ1v) is 10.4. The number of ether oxygens (including phenoxy) is 1. The van der Waals surface area contributed by atoms with E-state index in [4.69, 9.17) is 4.74 Å². The Morgan fingerprint density at radius 3 is 2.68 bits per heavy atom. The van der Waals surface area contributed by atoms with Crippen LogP contribution in [0.15, 0.2) is 53.7 Å². The summed E-state index contributed by atoms with van der Waals surface area (Å²) in [6, 6.07) is 13.6. The maximum absolute atomic E-state index is 10.6. The third-order valence-corrected chi connectivity index (χ3v) is 4.57. The number of fused-ring (bicyclic) bond motifs is 1. The standard InChI is InChI=1S/C23H31N5O2.HI/c1-5-24-23(25-13-19-15-28-17(4)8-6-11-22(28)27-19)26-14-21(29)18-9-7-10-20(12-18)30-16(2)3;/h6-12,15-16,21,29H,5,13-14H2,1-4H3,(H2,24,25,26);1H. The second-order valence-corrected chi connectivity index (χ2v) is 7.46. The van der Waals surface area contributed by atoms with Crippen LogP contribution in [0.1, 0.15) is 43.8 Å². The summed E-state index contributed by atoms with van der Waals surface area (Å²) < 4.78 is 7.77. The van der Waals surface area contributed by atoms with Crippen LogP contribution >= 0.6 is 24.0 Å². The third-order valence-electron chi connectivity index (χ3n) is 4.57. The molecule has 2 aromatic heterocycles. The Kier molecular flexibility index (Phi) is 9.57. The molecule has 0 bridgehead atoms. The normalized spacial score (nSPS) is 12.5. The third kappa shape index (κ3) is 7.10. The van der Waals surface area contributed by atoms with Gasteiger partial charge in [-0.25, -0.2) is 9.98 Å². The first-order valence-electron chi connectivity index (χ1n) is 10.4. The van der Waals surface area contributed by atoms with Crippen molar-refractivity contribution in [3.63, 3.8) is 0 Å². The van der Waals surface area contributed by atoms with E-state index in [9.17, 15) is 5.11 Å². The quantitative estimate of drug-likeness (QED) is 0.231. The van der Waals surface area contributed by atoms with Gasteiger partial charge in [-0.2, -0.15) is 0 Å². The predicted molar refractivity (Wildman–Crippen MR) is 135 cm³/mol. The Balaban J connectivity index is 0.00000341. The van der Waals surface area contributed by atoms with E-state index < -0.39 is 6.10 Å². The van der Waals surface area contributed by atoms with Gasteiger partial charge in [-0.3, -0.25) is 0 Å². The monoisotopic (exact) mass is 537 g/mol. The summed E-state index contributed by atoms with van der Waals surface area (Å²) in [4.78, 5) is 9.23. The van der Waals surface area contributed by atoms with Crippen molar-refractivity contribution in [2.24, 2.45) is 4.99 Å². The second kappa shape index (κ2) is 11.9. The van der Waals surface area contributed by atoms with E-state index in [1.165, 1.54) is 0 Å². The van der Waals surface area contributed by atoms with Crippen LogP contribution in [0.4, 0.5) is 0 Å². The molecule has 0 aliphatic carbocycles. The number of nitrogens with one attached hydrogen (secondary N) is 2. The molecular formula is C23H32IN5O2. The van der Waals surface area contributed by atoms with Gasteiger partial charge in [0.15, 0.2) is 5.96 Å². The number of nitrogens with zero attached hydrogens (tertiary/aromatic N) is 3. The van der Waals surface area contributed by atoms with Crippen LogP contribution in [0.3, 0.4) is 0 Å². The maximum atomic E-state index is 10.6. The number of halogens is 1. The number of aryl methyl sites for hydroxylation is 1. The van der Waals surface area contributed by atoms with Crippen LogP contribution in [0, 0.1) is 6.92 Å². The molecule has 8 heteroatoms. The number of rotatable bonds is 8. The molecule has 0 saturated carbocycles. The molecule has 2 heterocycles. The van der Waals surface area contributed by atoms with Crippen LogP contribution in [0.5, 0.6) is 5.75 Å². The van der Waals surface area contributed by atoms with E-state index in [1.807, 2.05) is 63.4 Å². The Morgan fingerprint density at radius 1 is 1.19 bits per heavy atom. The Morgan fingerprint density at radius 2 is 1.97 bits per heavy atom. The van der Waals surface area contributed by atoms with Gasteiger partial charge in [0.1, 0.15) is 11.4 Å². The number of guanidine groups is 1. The van der Waals surface area contributed by atoms with Crippen molar-refractivity contribution in [2.75, 3.05) is 13.1 Å². The zero-order valence-electron chi connectivity index (χ0n) is 18.5. The van der Waals surface area contributed by atoms with Crippen molar-refractivity contribution in [1.82, 2.24) is 20.0 Å². The lowest BCUT2D eigenvalue weighted by Crippen LogP contribution is -2.39. The zero-order chi connectivity index (χ0) is 21.5. The minimum atomic E-state index is -0.678. The molecule has 0 amide bonds. The Labute approximate surface area is 201 Å². The molecule has 0 aliphatic rings. The van der Waals surface area contributed by atoms with E-state index in [0.29, 0.717) is 19.0 Å². The Bertz CT molecular complexity index is 1000. The fraction of sp³-hybridized carbons (Fsp3) is 0.391. The van der Waals surface area contributed by atoms with Crippen molar-refractivity contribution in [1.29, 1.82) is 0 Å². The highest BCUT2D eigenvalue weighted by atomic mass is 127. The number of aliphatic hydroxyl groups excluding tert-OH is 1. The molecule has 3 rings (SSSR count). The van der Waals surface area contributed by atoms with Crippen molar-refractivity contribution in [2.45, 2.75) is 46.4 Å². The SMILES string of the molecule is CCNC(=NCc1cn2c(C)cccc2n1)NCC(O)c1cccc(OC(C)C)c1.I. The number of aromatic nitrogens is 2. The molecule has 7 nitrogen and oxygen atoms in total. The van der Waals surface area contributed by atoms with Gasteiger partial charge in [0.2, 0.25) is 0 Å². The van der Waals surface area contributed by atoms with Gasteiger partial charge in [0.05, 0.1) is 24.4 Å². The summed E-state index contributed by atoms with van der Waals surface area (Å²) >= 11 is 0. The summed E-state index contributed by atoms with van der Waals surface area (Å²) in [6.07, 6.45) is 1.42. The lowest BCUT2D eigenvalue weighted by Gasteiger charge is -2.17. The fourth-order valence-electron chi connectivity index (χ4n) is 3.16. The lowest BCUT2D eigenvalue weighted by molar-refractivity contribution is 0.179. The minimum absolute atomic E-state index is 0. The predicted octanol–water partition coefficient (Wildman–Crippen LogP) is 3.84. The fourth-order valence-corrected chi connectivity index (χ4v) is 3.16. The first-order chi connectivity index (χ1) is 14.5. The van der Waals surface area contributed by atoms with Gasteiger partial charge >= 0.3 is 0 Å². The van der Waals surface area contributed by atoms with Crippen LogP contribution < -0.4 is 15.4 Å². The van der Waals surface area contributed by atoms with Gasteiger partial charge in [-0.05, 0) is 57.5 Å². The average molecular weight is 537 g/mol. The molecule has 3 aromatic rings. The molecule has 0 aliphatic heterocycles. The Hall–Kier alpha value is -2.33. The number of hydrogen-bond acceptors (Lipinski definition) is 4. The van der Waals surface area contributed by atoms with Crippen molar-refractivity contribution >= 4 is 35.6 Å². The summed E-state index contributed by atoms with van der Waals surface area (Å²) in [5, 5.41) is 17.0. The number of pyridine rings is 1. The molecular weight excluding hydrogens is 505 g/mol. The number of hydrogen-bond donors (Lipinski definition) is 3. The van der Waals surface area contributed by atoms with Crippen molar-refractivity contribution in [3.05, 3.63) is 65.6 Å². The summed E-state index contributed by atoms with van der Waals surface area (Å²) in [6.45, 7) is 9.53. The van der Waals surface area contributed by atoms with Crippen LogP contribution in [0.25, 0.3) is 5.65 Å². The van der Waals surface area contributed by atoms with E-state index in [1.54, 1.807) is 0 Å². The molecule has 1 aromatic carbocycles. The van der Waals surface area contributed by atoms with Crippen molar-refractivity contribution in [3.8, 4) is 5.75 Å². The first kappa shape index (κ1) is 24.9. The highest BCUT2D eigenvalue weighted by Crippen LogP contribution is 2.20. The maximum Gasteiger partial charge on any atom is 0.191 e. The summed E-state index contributed by atoms with van der Waals surface area (Å²) in [5.74, 6) is 1.39. The van der Waals surface area contributed by atoms with Crippen LogP contribution in [-0.4, -0.2) is 39.6 Å². The second-order valence-electron chi connectivity index (χ2n) is 7.46. The molecule has 168 valence electrons. The van der Waals surface area contributed by atoms with Gasteiger partial charge in [-0.1, -0.05) is 18.2 Å². The largest absolute Gasteiger partial charge is 0.491 e. The number of imidazole rings is 1. The van der Waals surface area contributed by atoms with Crippen LogP contribution in [0.2, 0.25) is 0 Å². The highest BCUT2D eigenvalue weighted by molar-refractivity contribution is 14.0. The number of aliphatic imine (C=N–C) groups is 1. The van der Waals surface area contributed by atoms with Gasteiger partial charge < -0.3 is 24.9 Å². The summed E-state index contributed by atoms with van der Waals surface area (Å²) in [5.41, 5.74) is 3.73.